The molecular weight excluding hydrogens is 1050 g/mol. The lowest BCUT2D eigenvalue weighted by atomic mass is 9.31. The van der Waals surface area contributed by atoms with E-state index in [1.807, 2.05) is 41.5 Å². The van der Waals surface area contributed by atoms with Crippen molar-refractivity contribution in [1.82, 2.24) is 0 Å². The molecule has 456 valence electrons. The van der Waals surface area contributed by atoms with Gasteiger partial charge in [0.2, 0.25) is 0 Å². The molecule has 0 amide bonds. The summed E-state index contributed by atoms with van der Waals surface area (Å²) in [5.41, 5.74) is -4.45. The van der Waals surface area contributed by atoms with E-state index in [4.69, 9.17) is 37.9 Å². The van der Waals surface area contributed by atoms with Gasteiger partial charge in [0.15, 0.2) is 25.0 Å². The van der Waals surface area contributed by atoms with Crippen LogP contribution in [0, 0.1) is 56.2 Å². The molecule has 0 radical (unpaired) electrons. The maximum atomic E-state index is 13.9. The fraction of sp³-hybridized carbons (Fsp3) is 0.877. The molecule has 4 saturated carbocycles. The summed E-state index contributed by atoms with van der Waals surface area (Å²) in [5.74, 6) is -4.44. The van der Waals surface area contributed by atoms with Crippen LogP contribution in [-0.4, -0.2) is 216 Å². The summed E-state index contributed by atoms with van der Waals surface area (Å²) < 4.78 is 49.1. The Morgan fingerprint density at radius 3 is 1.86 bits per heavy atom. The third-order valence-corrected chi connectivity index (χ3v) is 21.5. The first-order chi connectivity index (χ1) is 37.3. The molecule has 0 aromatic rings. The molecule has 80 heavy (non-hydrogen) atoms. The van der Waals surface area contributed by atoms with Crippen LogP contribution >= 0.6 is 0 Å². The number of carbonyl (C=O) groups excluding carboxylic acids is 2. The second-order valence-electron chi connectivity index (χ2n) is 26.3. The van der Waals surface area contributed by atoms with Crippen molar-refractivity contribution in [2.75, 3.05) is 19.8 Å². The van der Waals surface area contributed by atoms with Gasteiger partial charge < -0.3 is 99.2 Å². The molecule has 0 spiro atoms. The quantitative estimate of drug-likeness (QED) is 0.0598. The summed E-state index contributed by atoms with van der Waals surface area (Å²) in [6.07, 6.45) is -24.9. The number of allylic oxidation sites excluding steroid dienone is 2. The summed E-state index contributed by atoms with van der Waals surface area (Å²) in [6, 6.07) is 0. The fourth-order valence-corrected chi connectivity index (χ4v) is 16.4. The molecular formula is C57H90O23. The predicted octanol–water partition coefficient (Wildman–Crippen LogP) is 0.343. The molecule has 0 bridgehead atoms. The van der Waals surface area contributed by atoms with Crippen LogP contribution in [0.4, 0.5) is 0 Å². The van der Waals surface area contributed by atoms with Crippen LogP contribution in [0.15, 0.2) is 23.3 Å². The highest BCUT2D eigenvalue weighted by Gasteiger charge is 2.77. The molecule has 23 nitrogen and oxygen atoms in total. The minimum Gasteiger partial charge on any atom is -0.479 e. The van der Waals surface area contributed by atoms with E-state index in [1.165, 1.54) is 0 Å². The maximum Gasteiger partial charge on any atom is 0.335 e. The minimum absolute atomic E-state index is 0.137. The van der Waals surface area contributed by atoms with Gasteiger partial charge in [-0.05, 0) is 87.4 Å². The number of carboxylic acid groups (broad SMARTS) is 1. The van der Waals surface area contributed by atoms with Crippen LogP contribution in [0.25, 0.3) is 0 Å². The number of hydrogen-bond donors (Lipinski definition) is 12. The number of carboxylic acids is 1. The molecule has 0 aromatic carbocycles. The van der Waals surface area contributed by atoms with Crippen molar-refractivity contribution >= 4 is 17.9 Å². The predicted molar refractivity (Wildman–Crippen MR) is 277 cm³/mol. The normalized spacial score (nSPS) is 49.2. The van der Waals surface area contributed by atoms with Crippen LogP contribution in [0.5, 0.6) is 0 Å². The maximum absolute atomic E-state index is 13.9. The molecule has 27 atom stereocenters. The summed E-state index contributed by atoms with van der Waals surface area (Å²) in [5, 5.41) is 134. The first-order valence-electron chi connectivity index (χ1n) is 28.5. The second-order valence-corrected chi connectivity index (χ2v) is 26.3. The lowest BCUT2D eigenvalue weighted by Gasteiger charge is -2.74. The molecule has 12 N–H and O–H groups in total. The zero-order valence-electron chi connectivity index (χ0n) is 47.9. The van der Waals surface area contributed by atoms with Crippen LogP contribution in [0.3, 0.4) is 0 Å². The number of fused-ring (bicyclic) bond motifs is 7. The van der Waals surface area contributed by atoms with E-state index in [1.54, 1.807) is 26.8 Å². The Morgan fingerprint density at radius 2 is 1.30 bits per heavy atom. The standard InChI is InChI=1S/C57H90O23/c1-12-24(3)47(71)79-44-45(80-48(72)25(4)13-2)57(23-60)27(20-52(44,5)6)26-14-15-31-54(9)18-17-32(53(7,8)30(54)16-19-55(31,10)56(26,11)42(67)43(57)68)75-51-41(78-50-37(65)35(63)33(61)28(21-58)73-50)39(38(66)40(77-51)46(69)70)76-49-36(64)34(62)29(22-59)74-49/h12,16,25-29,31-45,49-51,58-68H,13-15,17-23H2,1-11H3,(H,69,70)/b24-12-/t25?,26-,27+,28-,29+,31-,32?,33+,34+,35+,36-,37-,38-,39+,40+,41-,42+,43-,44+,45+,49-,50+,51-,54+,55-,56+,57+/m1/s1. The molecule has 8 aliphatic rings. The summed E-state index contributed by atoms with van der Waals surface area (Å²) in [7, 11) is 0. The van der Waals surface area contributed by atoms with Crippen LogP contribution in [0.1, 0.15) is 121 Å². The van der Waals surface area contributed by atoms with E-state index in [-0.39, 0.29) is 11.8 Å². The number of aliphatic carboxylic acids is 1. The average molecular weight is 1140 g/mol. The topological polar surface area (TPSA) is 368 Å². The molecule has 0 aromatic heterocycles. The van der Waals surface area contributed by atoms with Crippen molar-refractivity contribution in [3.63, 3.8) is 0 Å². The van der Waals surface area contributed by atoms with Crippen molar-refractivity contribution in [3.05, 3.63) is 23.3 Å². The van der Waals surface area contributed by atoms with Gasteiger partial charge in [-0.15, -0.1) is 0 Å². The molecule has 8 rings (SSSR count). The smallest absolute Gasteiger partial charge is 0.335 e. The van der Waals surface area contributed by atoms with Crippen molar-refractivity contribution < 1.29 is 114 Å². The number of ether oxygens (including phenoxy) is 8. The van der Waals surface area contributed by atoms with Gasteiger partial charge in [0.05, 0.1) is 49.5 Å². The number of esters is 2. The highest BCUT2D eigenvalue weighted by atomic mass is 16.8. The van der Waals surface area contributed by atoms with Crippen molar-refractivity contribution in [2.24, 2.45) is 56.2 Å². The van der Waals surface area contributed by atoms with Crippen LogP contribution in [-0.2, 0) is 52.3 Å². The Hall–Kier alpha value is -2.79. The second kappa shape index (κ2) is 22.9. The highest BCUT2D eigenvalue weighted by Crippen LogP contribution is 2.76. The lowest BCUT2D eigenvalue weighted by Crippen LogP contribution is -2.78. The van der Waals surface area contributed by atoms with Gasteiger partial charge in [-0.1, -0.05) is 80.0 Å². The number of hydrogen-bond acceptors (Lipinski definition) is 22. The highest BCUT2D eigenvalue weighted by molar-refractivity contribution is 5.87. The monoisotopic (exact) mass is 1140 g/mol. The first kappa shape index (κ1) is 63.2. The largest absolute Gasteiger partial charge is 0.479 e. The molecule has 7 fully saturated rings. The van der Waals surface area contributed by atoms with Crippen LogP contribution < -0.4 is 0 Å². The van der Waals surface area contributed by atoms with E-state index in [0.29, 0.717) is 50.5 Å². The Balaban J connectivity index is 1.14. The fourth-order valence-electron chi connectivity index (χ4n) is 16.4. The van der Waals surface area contributed by atoms with Crippen molar-refractivity contribution in [2.45, 2.75) is 238 Å². The van der Waals surface area contributed by atoms with E-state index in [2.05, 4.69) is 19.9 Å². The molecule has 2 unspecified atom stereocenters. The third-order valence-electron chi connectivity index (χ3n) is 21.5. The lowest BCUT2D eigenvalue weighted by molar-refractivity contribution is -0.384. The Bertz CT molecular complexity index is 2330. The van der Waals surface area contributed by atoms with E-state index < -0.39 is 199 Å². The molecule has 5 aliphatic carbocycles. The summed E-state index contributed by atoms with van der Waals surface area (Å²) >= 11 is 0. The molecule has 23 heteroatoms. The Morgan fingerprint density at radius 1 is 0.713 bits per heavy atom. The minimum atomic E-state index is -2.13. The number of carbonyl (C=O) groups is 3. The summed E-state index contributed by atoms with van der Waals surface area (Å²) in [6.45, 7) is 18.8. The Kier molecular flexibility index (Phi) is 18.1. The van der Waals surface area contributed by atoms with E-state index in [0.717, 1.165) is 5.57 Å². The van der Waals surface area contributed by atoms with Gasteiger partial charge in [-0.3, -0.25) is 4.79 Å². The molecule has 3 aliphatic heterocycles. The number of aliphatic hydroxyl groups is 11. The van der Waals surface area contributed by atoms with E-state index >= 15 is 0 Å². The number of rotatable bonds is 15. The molecule has 3 heterocycles. The number of aliphatic hydroxyl groups excluding tert-OH is 11. The third kappa shape index (κ3) is 9.84. The van der Waals surface area contributed by atoms with Gasteiger partial charge in [-0.25, -0.2) is 9.59 Å². The van der Waals surface area contributed by atoms with Gasteiger partial charge >= 0.3 is 17.9 Å². The van der Waals surface area contributed by atoms with Gasteiger partial charge in [0.25, 0.3) is 0 Å². The van der Waals surface area contributed by atoms with Gasteiger partial charge in [-0.2, -0.15) is 0 Å². The van der Waals surface area contributed by atoms with E-state index in [9.17, 15) is 75.7 Å². The Labute approximate surface area is 467 Å². The van der Waals surface area contributed by atoms with Crippen molar-refractivity contribution in [3.8, 4) is 0 Å². The van der Waals surface area contributed by atoms with Gasteiger partial charge in [0, 0.05) is 21.8 Å². The average Bonchev–Trinajstić information content (AvgIpc) is 3.81. The van der Waals surface area contributed by atoms with Crippen LogP contribution in [0.2, 0.25) is 0 Å². The molecule has 3 saturated heterocycles. The van der Waals surface area contributed by atoms with Gasteiger partial charge in [0.1, 0.15) is 73.2 Å². The SMILES string of the molecule is C/C=C(/C)C(=O)O[C@H]1[C@H](OC(=O)C(C)CC)[C@]2(CO)[C@H](O)[C@H](O)[C@]3(C)[C@H](CC[C@@H]4[C@@]5(C)CCC(O[C@@H]6O[C@H](C(=O)O)[C@H](O)[C@H](O[C@H]7O[C@@H](CO)[C@H](O)[C@H]7O)[C@H]6O[C@@H]6O[C@H](CO)[C@H](O)[C@H](O)[C@H]6O)C(C)(C)C5=CC[C@]43C)[C@@H]2CC1(C)C. The van der Waals surface area contributed by atoms with Crippen molar-refractivity contribution in [1.29, 1.82) is 0 Å². The first-order valence-corrected chi connectivity index (χ1v) is 28.5. The summed E-state index contributed by atoms with van der Waals surface area (Å²) in [4.78, 5) is 40.4. The zero-order valence-corrected chi connectivity index (χ0v) is 47.9. The zero-order chi connectivity index (χ0) is 59.3.